The smallest absolute Gasteiger partial charge is 0.150 e. The maximum absolute atomic E-state index is 10.1. The molecule has 0 aromatic heterocycles. The molecule has 0 heterocycles. The van der Waals surface area contributed by atoms with Gasteiger partial charge in [-0.1, -0.05) is 6.08 Å². The van der Waals surface area contributed by atoms with Gasteiger partial charge in [-0.05, 0) is 6.42 Å². The van der Waals surface area contributed by atoms with Gasteiger partial charge in [0, 0.05) is 6.42 Å². The minimum Gasteiger partial charge on any atom is -0.624 e. The molecule has 0 radical (unpaired) electrons. The van der Waals surface area contributed by atoms with Crippen molar-refractivity contribution in [3.63, 3.8) is 0 Å². The molecule has 0 saturated heterocycles. The first kappa shape index (κ1) is 7.21. The van der Waals surface area contributed by atoms with Crippen molar-refractivity contribution in [1.29, 1.82) is 0 Å². The third kappa shape index (κ3) is 5.21. The Morgan fingerprint density at radius 1 is 1.62 bits per heavy atom. The lowest BCUT2D eigenvalue weighted by Gasteiger charge is -1.91. The zero-order valence-corrected chi connectivity index (χ0v) is 5.13. The second kappa shape index (κ2) is 4.37. The molecule has 0 atom stereocenters. The molecule has 2 heteroatoms. The van der Waals surface area contributed by atoms with Crippen molar-refractivity contribution in [2.24, 2.45) is 0 Å². The van der Waals surface area contributed by atoms with E-state index < -0.39 is 0 Å². The molecular weight excluding hydrogens is 102 g/mol. The van der Waals surface area contributed by atoms with Gasteiger partial charge in [-0.2, -0.15) is 0 Å². The maximum atomic E-state index is 10.1. The summed E-state index contributed by atoms with van der Waals surface area (Å²) < 4.78 is 0.809. The molecule has 0 fully saturated rings. The highest BCUT2D eigenvalue weighted by Crippen LogP contribution is 1.82. The van der Waals surface area contributed by atoms with E-state index in [1.807, 2.05) is 0 Å². The van der Waals surface area contributed by atoms with Gasteiger partial charge in [0.2, 0.25) is 0 Å². The van der Waals surface area contributed by atoms with Crippen LogP contribution < -0.4 is 0 Å². The van der Waals surface area contributed by atoms with Gasteiger partial charge >= 0.3 is 0 Å². The van der Waals surface area contributed by atoms with E-state index in [-0.39, 0.29) is 0 Å². The number of rotatable bonds is 3. The standard InChI is InChI=1S/C6H11NO/c1-3-4-5-6-7(2)8/h3,6H,1,4-5H2,2H3/b7-6-. The van der Waals surface area contributed by atoms with Gasteiger partial charge in [-0.3, -0.25) is 0 Å². The number of nitrogens with zero attached hydrogens (tertiary/aromatic N) is 1. The van der Waals surface area contributed by atoms with Crippen LogP contribution in [0.2, 0.25) is 0 Å². The van der Waals surface area contributed by atoms with Crippen LogP contribution in [0.5, 0.6) is 0 Å². The fraction of sp³-hybridized carbons (Fsp3) is 0.500. The lowest BCUT2D eigenvalue weighted by molar-refractivity contribution is -0.418. The van der Waals surface area contributed by atoms with Crippen LogP contribution in [0, 0.1) is 5.21 Å². The van der Waals surface area contributed by atoms with Gasteiger partial charge in [0.1, 0.15) is 7.05 Å². The molecule has 0 aliphatic heterocycles. The van der Waals surface area contributed by atoms with Gasteiger partial charge in [0.15, 0.2) is 6.21 Å². The predicted molar refractivity (Wildman–Crippen MR) is 35.0 cm³/mol. The maximum Gasteiger partial charge on any atom is 0.150 e. The van der Waals surface area contributed by atoms with E-state index in [4.69, 9.17) is 0 Å². The van der Waals surface area contributed by atoms with Gasteiger partial charge in [-0.25, -0.2) is 4.74 Å². The van der Waals surface area contributed by atoms with Gasteiger partial charge in [-0.15, -0.1) is 6.58 Å². The number of hydrogen-bond donors (Lipinski definition) is 0. The van der Waals surface area contributed by atoms with Crippen LogP contribution >= 0.6 is 0 Å². The zero-order chi connectivity index (χ0) is 6.41. The Kier molecular flexibility index (Phi) is 3.94. The van der Waals surface area contributed by atoms with Crippen molar-refractivity contribution in [3.8, 4) is 0 Å². The highest BCUT2D eigenvalue weighted by Gasteiger charge is 1.78. The lowest BCUT2D eigenvalue weighted by atomic mass is 10.3. The summed E-state index contributed by atoms with van der Waals surface area (Å²) in [6.07, 6.45) is 5.05. The average molecular weight is 113 g/mol. The van der Waals surface area contributed by atoms with Crippen molar-refractivity contribution in [1.82, 2.24) is 0 Å². The number of hydroxylamine groups is 1. The molecule has 0 N–H and O–H groups in total. The molecule has 0 bridgehead atoms. The second-order valence-corrected chi connectivity index (χ2v) is 1.59. The molecule has 0 unspecified atom stereocenters. The molecule has 0 amide bonds. The monoisotopic (exact) mass is 113 g/mol. The van der Waals surface area contributed by atoms with E-state index in [1.165, 1.54) is 7.05 Å². The number of unbranched alkanes of at least 4 members (excludes halogenated alkanes) is 1. The fourth-order valence-corrected chi connectivity index (χ4v) is 0.374. The summed E-state index contributed by atoms with van der Waals surface area (Å²) >= 11 is 0. The summed E-state index contributed by atoms with van der Waals surface area (Å²) in [6.45, 7) is 3.52. The highest BCUT2D eigenvalue weighted by atomic mass is 16.5. The number of hydrogen-bond acceptors (Lipinski definition) is 1. The van der Waals surface area contributed by atoms with E-state index in [0.29, 0.717) is 0 Å². The summed E-state index contributed by atoms with van der Waals surface area (Å²) in [5, 5.41) is 10.1. The molecule has 46 valence electrons. The Labute approximate surface area is 49.7 Å². The van der Waals surface area contributed by atoms with E-state index in [1.54, 1.807) is 12.3 Å². The minimum absolute atomic E-state index is 0.795. The lowest BCUT2D eigenvalue weighted by Crippen LogP contribution is -1.94. The molecule has 0 rings (SSSR count). The first-order chi connectivity index (χ1) is 3.77. The fourth-order valence-electron chi connectivity index (χ4n) is 0.374. The molecule has 0 saturated carbocycles. The van der Waals surface area contributed by atoms with Crippen molar-refractivity contribution in [2.75, 3.05) is 7.05 Å². The minimum atomic E-state index is 0.795. The third-order valence-corrected chi connectivity index (χ3v) is 0.757. The van der Waals surface area contributed by atoms with Crippen LogP contribution in [0.4, 0.5) is 0 Å². The summed E-state index contributed by atoms with van der Waals surface area (Å²) in [5.41, 5.74) is 0. The van der Waals surface area contributed by atoms with Gasteiger partial charge in [0.25, 0.3) is 0 Å². The Bertz CT molecular complexity index is 92.7. The van der Waals surface area contributed by atoms with Crippen LogP contribution in [-0.2, 0) is 0 Å². The van der Waals surface area contributed by atoms with Crippen molar-refractivity contribution in [3.05, 3.63) is 17.9 Å². The van der Waals surface area contributed by atoms with E-state index >= 15 is 0 Å². The molecule has 0 spiro atoms. The van der Waals surface area contributed by atoms with Crippen LogP contribution in [-0.4, -0.2) is 18.0 Å². The van der Waals surface area contributed by atoms with E-state index in [9.17, 15) is 5.21 Å². The quantitative estimate of drug-likeness (QED) is 0.135. The third-order valence-electron chi connectivity index (χ3n) is 0.757. The summed E-state index contributed by atoms with van der Waals surface area (Å²) in [6, 6.07) is 0. The Morgan fingerprint density at radius 3 is 2.62 bits per heavy atom. The summed E-state index contributed by atoms with van der Waals surface area (Å²) in [5.74, 6) is 0. The topological polar surface area (TPSA) is 26.1 Å². The molecule has 8 heavy (non-hydrogen) atoms. The molecule has 0 aliphatic carbocycles. The normalized spacial score (nSPS) is 11.4. The molecule has 0 aliphatic rings. The Hall–Kier alpha value is -0.790. The van der Waals surface area contributed by atoms with Crippen molar-refractivity contribution < 1.29 is 4.74 Å². The largest absolute Gasteiger partial charge is 0.624 e. The second-order valence-electron chi connectivity index (χ2n) is 1.59. The average Bonchev–Trinajstić information content (AvgIpc) is 1.66. The highest BCUT2D eigenvalue weighted by molar-refractivity contribution is 5.51. The first-order valence-electron chi connectivity index (χ1n) is 2.61. The van der Waals surface area contributed by atoms with Gasteiger partial charge in [0.05, 0.1) is 0 Å². The molecular formula is C6H11NO. The van der Waals surface area contributed by atoms with Gasteiger partial charge < -0.3 is 5.21 Å². The van der Waals surface area contributed by atoms with Crippen molar-refractivity contribution in [2.45, 2.75) is 12.8 Å². The molecule has 0 aromatic rings. The zero-order valence-electron chi connectivity index (χ0n) is 5.13. The molecule has 2 nitrogen and oxygen atoms in total. The van der Waals surface area contributed by atoms with Crippen LogP contribution in [0.1, 0.15) is 12.8 Å². The SMILES string of the molecule is C=CCC/C=[N+](/C)[O-]. The predicted octanol–water partition coefficient (Wildman–Crippen LogP) is 1.16. The van der Waals surface area contributed by atoms with E-state index in [2.05, 4.69) is 6.58 Å². The Morgan fingerprint density at radius 2 is 2.25 bits per heavy atom. The van der Waals surface area contributed by atoms with Crippen LogP contribution in [0.25, 0.3) is 0 Å². The van der Waals surface area contributed by atoms with Crippen molar-refractivity contribution >= 4 is 6.21 Å². The summed E-state index contributed by atoms with van der Waals surface area (Å²) in [4.78, 5) is 0. The van der Waals surface area contributed by atoms with Crippen LogP contribution in [0.3, 0.4) is 0 Å². The first-order valence-corrected chi connectivity index (χ1v) is 2.61. The Balaban J connectivity index is 3.15. The van der Waals surface area contributed by atoms with E-state index in [0.717, 1.165) is 17.6 Å². The van der Waals surface area contributed by atoms with Crippen LogP contribution in [0.15, 0.2) is 12.7 Å². The number of allylic oxidation sites excluding steroid dienone is 1. The summed E-state index contributed by atoms with van der Waals surface area (Å²) in [7, 11) is 1.48. The molecule has 0 aromatic carbocycles.